The van der Waals surface area contributed by atoms with Crippen LogP contribution in [0.15, 0.2) is 59.9 Å². The predicted octanol–water partition coefficient (Wildman–Crippen LogP) is 4.75. The fourth-order valence-corrected chi connectivity index (χ4v) is 3.53. The molecule has 0 fully saturated rings. The van der Waals surface area contributed by atoms with E-state index in [1.807, 2.05) is 32.9 Å². The number of rotatable bonds is 8. The summed E-state index contributed by atoms with van der Waals surface area (Å²) >= 11 is 0. The number of carbonyl (C=O) groups excluding carboxylic acids is 2. The van der Waals surface area contributed by atoms with Gasteiger partial charge in [0.15, 0.2) is 11.5 Å². The van der Waals surface area contributed by atoms with E-state index < -0.39 is 17.7 Å². The molecular weight excluding hydrogens is 382 g/mol. The highest BCUT2D eigenvalue weighted by Crippen LogP contribution is 2.42. The number of nitrogens with zero attached hydrogens (tertiary/aromatic N) is 1. The van der Waals surface area contributed by atoms with Crippen molar-refractivity contribution in [1.82, 2.24) is 0 Å². The Labute approximate surface area is 176 Å². The standard InChI is InChI=1S/C24H27NO5/c1-5-20(26)21-22(16-7-11-19(12-8-16)30-15(3)4)25(24(28)23(21)27)17-9-13-18(14-10-17)29-6-2/h7-15,22,27H,5-6H2,1-4H3. The van der Waals surface area contributed by atoms with Crippen LogP contribution in [0.4, 0.5) is 5.69 Å². The van der Waals surface area contributed by atoms with Crippen molar-refractivity contribution < 1.29 is 24.2 Å². The lowest BCUT2D eigenvalue weighted by Crippen LogP contribution is -2.31. The van der Waals surface area contributed by atoms with Crippen molar-refractivity contribution in [2.24, 2.45) is 0 Å². The summed E-state index contributed by atoms with van der Waals surface area (Å²) in [5.74, 6) is 0.0254. The number of amides is 1. The highest BCUT2D eigenvalue weighted by Gasteiger charge is 2.43. The molecule has 30 heavy (non-hydrogen) atoms. The van der Waals surface area contributed by atoms with Crippen molar-refractivity contribution >= 4 is 17.4 Å². The number of aliphatic hydroxyl groups is 1. The second-order valence-electron chi connectivity index (χ2n) is 7.28. The topological polar surface area (TPSA) is 76.1 Å². The molecule has 158 valence electrons. The SMILES string of the molecule is CCOc1ccc(N2C(=O)C(O)=C(C(=O)CC)C2c2ccc(OC(C)C)cc2)cc1. The number of carbonyl (C=O) groups is 2. The summed E-state index contributed by atoms with van der Waals surface area (Å²) in [6, 6.07) is 13.6. The van der Waals surface area contributed by atoms with Crippen LogP contribution in [0.1, 0.15) is 45.7 Å². The number of hydrogen-bond donors (Lipinski definition) is 1. The molecular formula is C24H27NO5. The van der Waals surface area contributed by atoms with Gasteiger partial charge in [0.25, 0.3) is 5.91 Å². The number of aliphatic hydroxyl groups excluding tert-OH is 1. The fourth-order valence-electron chi connectivity index (χ4n) is 3.53. The van der Waals surface area contributed by atoms with Gasteiger partial charge in [0.1, 0.15) is 11.5 Å². The second-order valence-corrected chi connectivity index (χ2v) is 7.28. The van der Waals surface area contributed by atoms with Gasteiger partial charge < -0.3 is 14.6 Å². The molecule has 0 aromatic heterocycles. The van der Waals surface area contributed by atoms with Crippen LogP contribution in [-0.2, 0) is 9.59 Å². The quantitative estimate of drug-likeness (QED) is 0.681. The maximum absolute atomic E-state index is 13.0. The summed E-state index contributed by atoms with van der Waals surface area (Å²) in [7, 11) is 0. The molecule has 1 aliphatic rings. The molecule has 1 amide bonds. The van der Waals surface area contributed by atoms with Gasteiger partial charge in [0, 0.05) is 12.1 Å². The normalized spacial score (nSPS) is 16.4. The summed E-state index contributed by atoms with van der Waals surface area (Å²) in [6.45, 7) is 8.02. The van der Waals surface area contributed by atoms with Crippen molar-refractivity contribution in [2.45, 2.75) is 46.3 Å². The van der Waals surface area contributed by atoms with Crippen LogP contribution in [0.2, 0.25) is 0 Å². The molecule has 2 aromatic carbocycles. The molecule has 1 heterocycles. The van der Waals surface area contributed by atoms with Gasteiger partial charge in [-0.05, 0) is 62.7 Å². The van der Waals surface area contributed by atoms with E-state index in [1.54, 1.807) is 43.3 Å². The molecule has 0 aliphatic carbocycles. The first-order valence-electron chi connectivity index (χ1n) is 10.2. The third-order valence-corrected chi connectivity index (χ3v) is 4.82. The third kappa shape index (κ3) is 4.17. The van der Waals surface area contributed by atoms with E-state index in [2.05, 4.69) is 0 Å². The summed E-state index contributed by atoms with van der Waals surface area (Å²) in [4.78, 5) is 27.0. The van der Waals surface area contributed by atoms with Gasteiger partial charge >= 0.3 is 0 Å². The van der Waals surface area contributed by atoms with Crippen molar-refractivity contribution in [3.05, 3.63) is 65.4 Å². The van der Waals surface area contributed by atoms with Crippen molar-refractivity contribution in [2.75, 3.05) is 11.5 Å². The first-order chi connectivity index (χ1) is 14.4. The Morgan fingerprint density at radius 3 is 2.17 bits per heavy atom. The minimum absolute atomic E-state index is 0.0328. The minimum Gasteiger partial charge on any atom is -0.503 e. The largest absolute Gasteiger partial charge is 0.503 e. The van der Waals surface area contributed by atoms with Gasteiger partial charge in [0.05, 0.1) is 24.3 Å². The number of benzene rings is 2. The third-order valence-electron chi connectivity index (χ3n) is 4.82. The first kappa shape index (κ1) is 21.4. The van der Waals surface area contributed by atoms with E-state index in [1.165, 1.54) is 4.90 Å². The predicted molar refractivity (Wildman–Crippen MR) is 115 cm³/mol. The van der Waals surface area contributed by atoms with Crippen molar-refractivity contribution in [3.8, 4) is 11.5 Å². The molecule has 0 saturated carbocycles. The Balaban J connectivity index is 2.04. The Hall–Kier alpha value is -3.28. The Kier molecular flexibility index (Phi) is 6.45. The van der Waals surface area contributed by atoms with E-state index in [0.717, 1.165) is 0 Å². The number of ketones is 1. The van der Waals surface area contributed by atoms with Crippen LogP contribution in [0.3, 0.4) is 0 Å². The molecule has 1 aliphatic heterocycles. The molecule has 6 nitrogen and oxygen atoms in total. The summed E-state index contributed by atoms with van der Waals surface area (Å²) in [6.07, 6.45) is 0.222. The van der Waals surface area contributed by atoms with Gasteiger partial charge in [-0.15, -0.1) is 0 Å². The van der Waals surface area contributed by atoms with E-state index in [0.29, 0.717) is 29.4 Å². The Morgan fingerprint density at radius 1 is 1.03 bits per heavy atom. The molecule has 2 aromatic rings. The van der Waals surface area contributed by atoms with E-state index in [-0.39, 0.29) is 23.9 Å². The molecule has 6 heteroatoms. The average molecular weight is 409 g/mol. The van der Waals surface area contributed by atoms with Gasteiger partial charge in [-0.1, -0.05) is 19.1 Å². The lowest BCUT2D eigenvalue weighted by atomic mass is 9.94. The van der Waals surface area contributed by atoms with Crippen LogP contribution in [0.5, 0.6) is 11.5 Å². The highest BCUT2D eigenvalue weighted by atomic mass is 16.5. The molecule has 0 radical (unpaired) electrons. The molecule has 1 atom stereocenters. The maximum atomic E-state index is 13.0. The molecule has 1 unspecified atom stereocenters. The molecule has 0 spiro atoms. The average Bonchev–Trinajstić information content (AvgIpc) is 2.99. The van der Waals surface area contributed by atoms with E-state index in [9.17, 15) is 14.7 Å². The van der Waals surface area contributed by atoms with Crippen LogP contribution < -0.4 is 14.4 Å². The lowest BCUT2D eigenvalue weighted by Gasteiger charge is -2.27. The Morgan fingerprint density at radius 2 is 1.63 bits per heavy atom. The molecule has 1 N–H and O–H groups in total. The first-order valence-corrected chi connectivity index (χ1v) is 10.2. The van der Waals surface area contributed by atoms with Gasteiger partial charge in [-0.3, -0.25) is 14.5 Å². The molecule has 0 saturated heterocycles. The fraction of sp³-hybridized carbons (Fsp3) is 0.333. The lowest BCUT2D eigenvalue weighted by molar-refractivity contribution is -0.118. The minimum atomic E-state index is -0.712. The smallest absolute Gasteiger partial charge is 0.294 e. The Bertz CT molecular complexity index is 945. The summed E-state index contributed by atoms with van der Waals surface area (Å²) in [5, 5.41) is 10.6. The zero-order valence-electron chi connectivity index (χ0n) is 17.7. The number of Topliss-reactive ketones (excluding diaryl/α,β-unsaturated/α-hetero) is 1. The van der Waals surface area contributed by atoms with E-state index >= 15 is 0 Å². The van der Waals surface area contributed by atoms with Crippen molar-refractivity contribution in [1.29, 1.82) is 0 Å². The van der Waals surface area contributed by atoms with Crippen LogP contribution in [0, 0.1) is 0 Å². The molecule has 3 rings (SSSR count). The summed E-state index contributed by atoms with van der Waals surface area (Å²) in [5.41, 5.74) is 1.41. The summed E-state index contributed by atoms with van der Waals surface area (Å²) < 4.78 is 11.2. The number of anilines is 1. The van der Waals surface area contributed by atoms with Gasteiger partial charge in [-0.25, -0.2) is 0 Å². The van der Waals surface area contributed by atoms with Gasteiger partial charge in [-0.2, -0.15) is 0 Å². The van der Waals surface area contributed by atoms with Crippen LogP contribution in [-0.4, -0.2) is 29.5 Å². The number of hydrogen-bond acceptors (Lipinski definition) is 5. The van der Waals surface area contributed by atoms with Crippen LogP contribution in [0.25, 0.3) is 0 Å². The second kappa shape index (κ2) is 9.03. The van der Waals surface area contributed by atoms with Crippen LogP contribution >= 0.6 is 0 Å². The molecule has 0 bridgehead atoms. The van der Waals surface area contributed by atoms with Crippen molar-refractivity contribution in [3.63, 3.8) is 0 Å². The van der Waals surface area contributed by atoms with Gasteiger partial charge in [0.2, 0.25) is 0 Å². The number of ether oxygens (including phenoxy) is 2. The highest BCUT2D eigenvalue weighted by molar-refractivity contribution is 6.16. The van der Waals surface area contributed by atoms with E-state index in [4.69, 9.17) is 9.47 Å². The zero-order chi connectivity index (χ0) is 21.8. The monoisotopic (exact) mass is 409 g/mol. The maximum Gasteiger partial charge on any atom is 0.294 e. The zero-order valence-corrected chi connectivity index (χ0v) is 17.7.